The van der Waals surface area contributed by atoms with E-state index < -0.39 is 0 Å². The third kappa shape index (κ3) is 3.18. The van der Waals surface area contributed by atoms with Gasteiger partial charge in [0.2, 0.25) is 0 Å². The van der Waals surface area contributed by atoms with Gasteiger partial charge in [-0.05, 0) is 44.7 Å². The van der Waals surface area contributed by atoms with Crippen LogP contribution in [-0.2, 0) is 0 Å². The maximum Gasteiger partial charge on any atom is 0.171 e. The number of nitrogens with two attached hydrogens (primary N) is 1. The average molecular weight is 263 g/mol. The first-order valence-corrected chi connectivity index (χ1v) is 7.22. The van der Waals surface area contributed by atoms with Crippen molar-refractivity contribution in [1.82, 2.24) is 4.98 Å². The molecule has 0 saturated carbocycles. The van der Waals surface area contributed by atoms with Gasteiger partial charge < -0.3 is 15.4 Å². The van der Waals surface area contributed by atoms with Crippen molar-refractivity contribution < 1.29 is 4.74 Å². The maximum atomic E-state index is 5.96. The lowest BCUT2D eigenvalue weighted by molar-refractivity contribution is 0.239. The second-order valence-electron chi connectivity index (χ2n) is 5.61. The van der Waals surface area contributed by atoms with Crippen LogP contribution in [0.15, 0.2) is 18.3 Å². The van der Waals surface area contributed by atoms with Crippen LogP contribution < -0.4 is 15.4 Å². The number of hydrogen-bond acceptors (Lipinski definition) is 4. The molecule has 0 amide bonds. The Labute approximate surface area is 116 Å². The summed E-state index contributed by atoms with van der Waals surface area (Å²) in [5.74, 6) is 2.41. The molecule has 1 fully saturated rings. The van der Waals surface area contributed by atoms with E-state index in [1.54, 1.807) is 0 Å². The number of ether oxygens (including phenoxy) is 1. The molecule has 1 aliphatic heterocycles. The summed E-state index contributed by atoms with van der Waals surface area (Å²) < 4.78 is 5.88. The van der Waals surface area contributed by atoms with Gasteiger partial charge in [-0.15, -0.1) is 0 Å². The Hall–Kier alpha value is -1.29. The van der Waals surface area contributed by atoms with Gasteiger partial charge >= 0.3 is 0 Å². The third-order valence-corrected chi connectivity index (χ3v) is 3.74. The molecule has 2 heterocycles. The number of anilines is 1. The number of piperidine rings is 1. The van der Waals surface area contributed by atoms with Crippen molar-refractivity contribution in [1.29, 1.82) is 0 Å². The molecule has 0 aliphatic carbocycles. The molecule has 0 aromatic carbocycles. The number of pyridine rings is 1. The number of nitrogens with zero attached hydrogens (tertiary/aromatic N) is 2. The molecule has 19 heavy (non-hydrogen) atoms. The Bertz CT molecular complexity index is 408. The van der Waals surface area contributed by atoms with Gasteiger partial charge in [-0.25, -0.2) is 4.98 Å². The smallest absolute Gasteiger partial charge is 0.171 e. The Morgan fingerprint density at radius 3 is 3.00 bits per heavy atom. The minimum atomic E-state index is 0.154. The van der Waals surface area contributed by atoms with E-state index >= 15 is 0 Å². The minimum absolute atomic E-state index is 0.154. The molecule has 106 valence electrons. The van der Waals surface area contributed by atoms with E-state index in [4.69, 9.17) is 10.5 Å². The van der Waals surface area contributed by atoms with Crippen molar-refractivity contribution in [3.8, 4) is 5.75 Å². The predicted molar refractivity (Wildman–Crippen MR) is 78.6 cm³/mol. The van der Waals surface area contributed by atoms with Gasteiger partial charge in [-0.1, -0.05) is 6.92 Å². The van der Waals surface area contributed by atoms with E-state index in [0.29, 0.717) is 18.5 Å². The van der Waals surface area contributed by atoms with E-state index in [1.807, 2.05) is 32.2 Å². The van der Waals surface area contributed by atoms with E-state index in [-0.39, 0.29) is 6.10 Å². The van der Waals surface area contributed by atoms with Crippen molar-refractivity contribution >= 4 is 5.82 Å². The second kappa shape index (κ2) is 6.24. The summed E-state index contributed by atoms with van der Waals surface area (Å²) in [5.41, 5.74) is 5.96. The van der Waals surface area contributed by atoms with Crippen LogP contribution in [0.5, 0.6) is 5.75 Å². The Morgan fingerprint density at radius 1 is 1.53 bits per heavy atom. The van der Waals surface area contributed by atoms with E-state index in [0.717, 1.165) is 18.1 Å². The molecule has 2 rings (SSSR count). The normalized spacial score (nSPS) is 23.7. The average Bonchev–Trinajstić information content (AvgIpc) is 2.38. The molecule has 4 nitrogen and oxygen atoms in total. The first-order valence-electron chi connectivity index (χ1n) is 7.22. The summed E-state index contributed by atoms with van der Waals surface area (Å²) in [4.78, 5) is 6.86. The van der Waals surface area contributed by atoms with Crippen molar-refractivity contribution in [2.24, 2.45) is 11.7 Å². The molecule has 0 bridgehead atoms. The zero-order chi connectivity index (χ0) is 13.8. The Morgan fingerprint density at radius 2 is 2.32 bits per heavy atom. The first kappa shape index (κ1) is 14.1. The fourth-order valence-corrected chi connectivity index (χ4v) is 2.82. The van der Waals surface area contributed by atoms with Crippen LogP contribution in [0.4, 0.5) is 5.82 Å². The molecular formula is C15H25N3O. The molecule has 1 aliphatic rings. The van der Waals surface area contributed by atoms with Crippen LogP contribution in [0.25, 0.3) is 0 Å². The van der Waals surface area contributed by atoms with Gasteiger partial charge in [-0.3, -0.25) is 0 Å². The SMILES string of the molecule is CC(C)Oc1cccnc1N1CCCC(C)C1CN. The lowest BCUT2D eigenvalue weighted by Gasteiger charge is -2.40. The van der Waals surface area contributed by atoms with Crippen LogP contribution in [0, 0.1) is 5.92 Å². The summed E-state index contributed by atoms with van der Waals surface area (Å²) in [7, 11) is 0. The molecule has 1 aromatic heterocycles. The summed E-state index contributed by atoms with van der Waals surface area (Å²) in [6, 6.07) is 4.28. The van der Waals surface area contributed by atoms with Gasteiger partial charge in [0.1, 0.15) is 0 Å². The largest absolute Gasteiger partial charge is 0.487 e. The monoisotopic (exact) mass is 263 g/mol. The molecular weight excluding hydrogens is 238 g/mol. The molecule has 1 saturated heterocycles. The Kier molecular flexibility index (Phi) is 4.64. The third-order valence-electron chi connectivity index (χ3n) is 3.74. The van der Waals surface area contributed by atoms with Crippen molar-refractivity contribution in [2.75, 3.05) is 18.0 Å². The van der Waals surface area contributed by atoms with Gasteiger partial charge in [0.25, 0.3) is 0 Å². The summed E-state index contributed by atoms with van der Waals surface area (Å²) >= 11 is 0. The molecule has 2 atom stereocenters. The highest BCUT2D eigenvalue weighted by Crippen LogP contribution is 2.33. The molecule has 2 unspecified atom stereocenters. The Balaban J connectivity index is 2.28. The van der Waals surface area contributed by atoms with Gasteiger partial charge in [0.05, 0.1) is 6.10 Å². The molecule has 0 spiro atoms. The lowest BCUT2D eigenvalue weighted by atomic mass is 9.91. The van der Waals surface area contributed by atoms with Crippen LogP contribution in [-0.4, -0.2) is 30.2 Å². The minimum Gasteiger partial charge on any atom is -0.487 e. The molecule has 2 N–H and O–H groups in total. The quantitative estimate of drug-likeness (QED) is 0.906. The fraction of sp³-hybridized carbons (Fsp3) is 0.667. The van der Waals surface area contributed by atoms with Crippen LogP contribution in [0.2, 0.25) is 0 Å². The topological polar surface area (TPSA) is 51.4 Å². The summed E-state index contributed by atoms with van der Waals surface area (Å²) in [6.07, 6.45) is 4.41. The van der Waals surface area contributed by atoms with E-state index in [9.17, 15) is 0 Å². The van der Waals surface area contributed by atoms with Crippen LogP contribution in [0.3, 0.4) is 0 Å². The number of rotatable bonds is 4. The molecule has 4 heteroatoms. The lowest BCUT2D eigenvalue weighted by Crippen LogP contribution is -2.49. The van der Waals surface area contributed by atoms with Crippen LogP contribution >= 0.6 is 0 Å². The highest BCUT2D eigenvalue weighted by Gasteiger charge is 2.30. The summed E-state index contributed by atoms with van der Waals surface area (Å²) in [6.45, 7) is 8.03. The van der Waals surface area contributed by atoms with Gasteiger partial charge in [-0.2, -0.15) is 0 Å². The van der Waals surface area contributed by atoms with Crippen LogP contribution in [0.1, 0.15) is 33.6 Å². The standard InChI is InChI=1S/C15H25N3O/c1-11(2)19-14-7-4-8-17-15(14)18-9-5-6-12(3)13(18)10-16/h4,7-8,11-13H,5-6,9-10,16H2,1-3H3. The maximum absolute atomic E-state index is 5.96. The van der Waals surface area contributed by atoms with Crippen molar-refractivity contribution in [3.05, 3.63) is 18.3 Å². The van der Waals surface area contributed by atoms with E-state index in [1.165, 1.54) is 12.8 Å². The van der Waals surface area contributed by atoms with Crippen molar-refractivity contribution in [3.63, 3.8) is 0 Å². The second-order valence-corrected chi connectivity index (χ2v) is 5.61. The highest BCUT2D eigenvalue weighted by molar-refractivity contribution is 5.53. The highest BCUT2D eigenvalue weighted by atomic mass is 16.5. The van der Waals surface area contributed by atoms with Gasteiger partial charge in [0, 0.05) is 25.3 Å². The van der Waals surface area contributed by atoms with Gasteiger partial charge in [0.15, 0.2) is 11.6 Å². The summed E-state index contributed by atoms with van der Waals surface area (Å²) in [5, 5.41) is 0. The number of aromatic nitrogens is 1. The number of hydrogen-bond donors (Lipinski definition) is 1. The molecule has 0 radical (unpaired) electrons. The van der Waals surface area contributed by atoms with E-state index in [2.05, 4.69) is 16.8 Å². The molecule has 1 aromatic rings. The van der Waals surface area contributed by atoms with Crippen molar-refractivity contribution in [2.45, 2.75) is 45.8 Å². The first-order chi connectivity index (χ1) is 9.13. The zero-order valence-corrected chi connectivity index (χ0v) is 12.2. The predicted octanol–water partition coefficient (Wildman–Crippen LogP) is 2.43. The zero-order valence-electron chi connectivity index (χ0n) is 12.2. The fourth-order valence-electron chi connectivity index (χ4n) is 2.82.